The lowest BCUT2D eigenvalue weighted by molar-refractivity contribution is 0.623. The van der Waals surface area contributed by atoms with E-state index in [0.29, 0.717) is 30.6 Å². The first kappa shape index (κ1) is 20.4. The van der Waals surface area contributed by atoms with Crippen LogP contribution in [0.25, 0.3) is 27.0 Å². The second-order valence-electron chi connectivity index (χ2n) is 7.02. The lowest BCUT2D eigenvalue weighted by Gasteiger charge is -2.14. The van der Waals surface area contributed by atoms with Gasteiger partial charge in [-0.1, -0.05) is 53.5 Å². The van der Waals surface area contributed by atoms with Gasteiger partial charge in [0.05, 0.1) is 32.4 Å². The summed E-state index contributed by atoms with van der Waals surface area (Å²) >= 11 is 19.5. The summed E-state index contributed by atoms with van der Waals surface area (Å²) in [7, 11) is 0. The van der Waals surface area contributed by atoms with Crippen LogP contribution in [-0.2, 0) is 6.54 Å². The molecule has 0 amide bonds. The van der Waals surface area contributed by atoms with Gasteiger partial charge < -0.3 is 0 Å². The molecule has 0 aliphatic carbocycles. The van der Waals surface area contributed by atoms with Crippen molar-refractivity contribution in [2.45, 2.75) is 6.54 Å². The summed E-state index contributed by atoms with van der Waals surface area (Å²) in [6, 6.07) is 18.9. The summed E-state index contributed by atoms with van der Waals surface area (Å²) in [4.78, 5) is 14.3. The first-order chi connectivity index (χ1) is 14.9. The molecule has 2 aromatic heterocycles. The molecule has 2 heterocycles. The number of thiazole rings is 1. The minimum Gasteiger partial charge on any atom is -0.288 e. The Morgan fingerprint density at radius 2 is 1.77 bits per heavy atom. The highest BCUT2D eigenvalue weighted by atomic mass is 35.5. The smallest absolute Gasteiger partial charge is 0.261 e. The third kappa shape index (κ3) is 3.49. The van der Waals surface area contributed by atoms with Gasteiger partial charge in [-0.25, -0.2) is 4.39 Å². The average molecular weight is 487 g/mol. The van der Waals surface area contributed by atoms with Crippen molar-refractivity contribution in [3.63, 3.8) is 0 Å². The Hall–Kier alpha value is -2.51. The molecule has 31 heavy (non-hydrogen) atoms. The lowest BCUT2D eigenvalue weighted by Crippen LogP contribution is -2.23. The maximum Gasteiger partial charge on any atom is 0.261 e. The Bertz CT molecular complexity index is 1600. The maximum atomic E-state index is 13.8. The van der Waals surface area contributed by atoms with E-state index in [1.807, 2.05) is 28.7 Å². The molecule has 0 spiro atoms. The van der Waals surface area contributed by atoms with E-state index in [1.165, 1.54) is 23.5 Å². The minimum atomic E-state index is -0.353. The van der Waals surface area contributed by atoms with Gasteiger partial charge in [0.15, 0.2) is 3.95 Å². The zero-order chi connectivity index (χ0) is 21.7. The fraction of sp³-hybridized carbons (Fsp3) is 0.0435. The molecule has 0 bridgehead atoms. The Balaban J connectivity index is 1.91. The van der Waals surface area contributed by atoms with Crippen LogP contribution in [0.4, 0.5) is 4.39 Å². The summed E-state index contributed by atoms with van der Waals surface area (Å²) < 4.78 is 18.0. The summed E-state index contributed by atoms with van der Waals surface area (Å²) in [5.74, 6) is -0.353. The van der Waals surface area contributed by atoms with Crippen LogP contribution in [0.15, 0.2) is 71.5 Å². The van der Waals surface area contributed by atoms with E-state index in [1.54, 1.807) is 34.9 Å². The van der Waals surface area contributed by atoms with Gasteiger partial charge in [0.2, 0.25) is 0 Å². The molecule has 0 aliphatic rings. The molecule has 5 rings (SSSR count). The van der Waals surface area contributed by atoms with Gasteiger partial charge in [0.1, 0.15) is 11.5 Å². The normalized spacial score (nSPS) is 11.5. The molecule has 8 heteroatoms. The van der Waals surface area contributed by atoms with Gasteiger partial charge in [0.25, 0.3) is 5.56 Å². The molecule has 3 nitrogen and oxygen atoms in total. The molecule has 5 aromatic rings. The number of hydrogen-bond donors (Lipinski definition) is 0. The molecule has 0 atom stereocenters. The summed E-state index contributed by atoms with van der Waals surface area (Å²) in [5.41, 5.74) is 2.67. The summed E-state index contributed by atoms with van der Waals surface area (Å²) in [6.45, 7) is 0.199. The third-order valence-corrected chi connectivity index (χ3v) is 7.23. The molecule has 3 aromatic carbocycles. The topological polar surface area (TPSA) is 26.4 Å². The molecule has 0 unspecified atom stereocenters. The number of rotatable bonds is 3. The highest BCUT2D eigenvalue weighted by molar-refractivity contribution is 7.73. The molecule has 0 aliphatic heterocycles. The standard InChI is InChI=1S/C23H13Cl2FN2OS2/c24-17-9-8-14(11-18(17)25)20-21-27(12-13-4-3-5-15(26)10-13)22(29)16-6-1-2-7-19(16)28(21)23(30)31-20/h1-11H,12H2. The van der Waals surface area contributed by atoms with E-state index >= 15 is 0 Å². The van der Waals surface area contributed by atoms with Gasteiger partial charge in [-0.3, -0.25) is 13.8 Å². The molecular formula is C23H13Cl2FN2OS2. The van der Waals surface area contributed by atoms with E-state index < -0.39 is 0 Å². The predicted octanol–water partition coefficient (Wildman–Crippen LogP) is 7.21. The lowest BCUT2D eigenvalue weighted by atomic mass is 10.1. The largest absolute Gasteiger partial charge is 0.288 e. The van der Waals surface area contributed by atoms with Gasteiger partial charge in [0, 0.05) is 0 Å². The number of benzene rings is 3. The Kier molecular flexibility index (Phi) is 5.18. The van der Waals surface area contributed by atoms with E-state index in [-0.39, 0.29) is 17.9 Å². The minimum absolute atomic E-state index is 0.172. The molecule has 0 radical (unpaired) electrons. The van der Waals surface area contributed by atoms with Crippen molar-refractivity contribution >= 4 is 63.3 Å². The fourth-order valence-electron chi connectivity index (χ4n) is 3.70. The Labute approximate surface area is 195 Å². The van der Waals surface area contributed by atoms with Crippen molar-refractivity contribution < 1.29 is 4.39 Å². The SMILES string of the molecule is O=c1c2ccccc2n2c(=S)sc(-c3ccc(Cl)c(Cl)c3)c2n1Cc1cccc(F)c1. The number of hydrogen-bond acceptors (Lipinski definition) is 3. The number of para-hydroxylation sites is 1. The van der Waals surface area contributed by atoms with Crippen LogP contribution < -0.4 is 5.56 Å². The molecule has 154 valence electrons. The van der Waals surface area contributed by atoms with Crippen molar-refractivity contribution in [3.05, 3.63) is 102 Å². The number of fused-ring (bicyclic) bond motifs is 3. The Morgan fingerprint density at radius 1 is 0.968 bits per heavy atom. The van der Waals surface area contributed by atoms with Crippen LogP contribution in [0.5, 0.6) is 0 Å². The van der Waals surface area contributed by atoms with Crippen molar-refractivity contribution in [1.82, 2.24) is 8.97 Å². The third-order valence-electron chi connectivity index (χ3n) is 5.07. The summed E-state index contributed by atoms with van der Waals surface area (Å²) in [5, 5.41) is 1.40. The number of nitrogens with zero attached hydrogens (tertiary/aromatic N) is 2. The highest BCUT2D eigenvalue weighted by Crippen LogP contribution is 2.36. The monoisotopic (exact) mass is 486 g/mol. The van der Waals surface area contributed by atoms with Crippen LogP contribution in [0.3, 0.4) is 0 Å². The second kappa shape index (κ2) is 7.88. The number of halogens is 3. The fourth-order valence-corrected chi connectivity index (χ4v) is 5.42. The van der Waals surface area contributed by atoms with E-state index in [2.05, 4.69) is 0 Å². The average Bonchev–Trinajstić information content (AvgIpc) is 3.10. The van der Waals surface area contributed by atoms with E-state index in [9.17, 15) is 9.18 Å². The predicted molar refractivity (Wildman–Crippen MR) is 129 cm³/mol. The van der Waals surface area contributed by atoms with Crippen molar-refractivity contribution in [1.29, 1.82) is 0 Å². The van der Waals surface area contributed by atoms with E-state index in [4.69, 9.17) is 35.4 Å². The van der Waals surface area contributed by atoms with Crippen molar-refractivity contribution in [2.75, 3.05) is 0 Å². The number of aromatic nitrogens is 2. The first-order valence-corrected chi connectivity index (χ1v) is 11.3. The zero-order valence-corrected chi connectivity index (χ0v) is 19.0. The van der Waals surface area contributed by atoms with Gasteiger partial charge in [-0.05, 0) is 59.7 Å². The molecule has 0 N–H and O–H groups in total. The van der Waals surface area contributed by atoms with Crippen molar-refractivity contribution in [3.8, 4) is 10.4 Å². The van der Waals surface area contributed by atoms with Crippen LogP contribution >= 0.6 is 46.8 Å². The van der Waals surface area contributed by atoms with Crippen molar-refractivity contribution in [2.24, 2.45) is 0 Å². The summed E-state index contributed by atoms with van der Waals surface area (Å²) in [6.07, 6.45) is 0. The second-order valence-corrected chi connectivity index (χ2v) is 9.48. The van der Waals surface area contributed by atoms with Gasteiger partial charge in [-0.15, -0.1) is 11.3 Å². The quantitative estimate of drug-likeness (QED) is 0.252. The van der Waals surface area contributed by atoms with Crippen LogP contribution in [0, 0.1) is 9.77 Å². The molecular weight excluding hydrogens is 474 g/mol. The van der Waals surface area contributed by atoms with Crippen LogP contribution in [0.2, 0.25) is 10.0 Å². The van der Waals surface area contributed by atoms with Gasteiger partial charge in [-0.2, -0.15) is 0 Å². The first-order valence-electron chi connectivity index (χ1n) is 9.31. The molecule has 0 saturated heterocycles. The Morgan fingerprint density at radius 3 is 2.55 bits per heavy atom. The zero-order valence-electron chi connectivity index (χ0n) is 15.8. The van der Waals surface area contributed by atoms with Crippen LogP contribution in [0.1, 0.15) is 5.56 Å². The molecule has 0 fully saturated rings. The van der Waals surface area contributed by atoms with E-state index in [0.717, 1.165) is 16.0 Å². The van der Waals surface area contributed by atoms with Crippen LogP contribution in [-0.4, -0.2) is 8.97 Å². The molecule has 0 saturated carbocycles. The van der Waals surface area contributed by atoms with Gasteiger partial charge >= 0.3 is 0 Å². The highest BCUT2D eigenvalue weighted by Gasteiger charge is 2.19. The maximum absolute atomic E-state index is 13.8.